The van der Waals surface area contributed by atoms with Crippen LogP contribution in [0.1, 0.15) is 0 Å². The van der Waals surface area contributed by atoms with Gasteiger partial charge in [0.1, 0.15) is 22.3 Å². The Balaban J connectivity index is 1.06. The summed E-state index contributed by atoms with van der Waals surface area (Å²) in [6.07, 6.45) is 0. The molecule has 0 atom stereocenters. The molecule has 0 N–H and O–H groups in total. The number of nitrogens with zero attached hydrogens (tertiary/aromatic N) is 3. The minimum Gasteiger partial charge on any atom is -0.456 e. The first kappa shape index (κ1) is 28.7. The van der Waals surface area contributed by atoms with Gasteiger partial charge in [-0.2, -0.15) is 0 Å². The summed E-state index contributed by atoms with van der Waals surface area (Å²) >= 11 is 0. The minimum absolute atomic E-state index is 0.584. The van der Waals surface area contributed by atoms with Crippen LogP contribution in [0.25, 0.3) is 111 Å². The smallest absolute Gasteiger partial charge is 0.164 e. The fourth-order valence-electron chi connectivity index (χ4n) is 7.59. The normalized spacial score (nSPS) is 11.8. The molecular formula is C47H27N3O2. The molecule has 0 fully saturated rings. The highest BCUT2D eigenvalue weighted by molar-refractivity contribution is 6.15. The summed E-state index contributed by atoms with van der Waals surface area (Å²) in [7, 11) is 0. The van der Waals surface area contributed by atoms with Crippen molar-refractivity contribution in [3.05, 3.63) is 164 Å². The van der Waals surface area contributed by atoms with Crippen molar-refractivity contribution in [2.75, 3.05) is 0 Å². The van der Waals surface area contributed by atoms with Crippen molar-refractivity contribution in [1.29, 1.82) is 0 Å². The van der Waals surface area contributed by atoms with E-state index in [4.69, 9.17) is 23.8 Å². The third-order valence-corrected chi connectivity index (χ3v) is 10.1. The zero-order valence-corrected chi connectivity index (χ0v) is 27.7. The number of aromatic nitrogens is 3. The fraction of sp³-hybridized carbons (Fsp3) is 0. The number of furan rings is 2. The third kappa shape index (κ3) is 4.53. The van der Waals surface area contributed by atoms with Crippen molar-refractivity contribution in [3.63, 3.8) is 0 Å². The van der Waals surface area contributed by atoms with Gasteiger partial charge >= 0.3 is 0 Å². The number of rotatable bonds is 4. The number of hydrogen-bond donors (Lipinski definition) is 0. The van der Waals surface area contributed by atoms with Gasteiger partial charge < -0.3 is 8.83 Å². The number of para-hydroxylation sites is 1. The monoisotopic (exact) mass is 665 g/mol. The van der Waals surface area contributed by atoms with Crippen molar-refractivity contribution in [2.24, 2.45) is 0 Å². The molecule has 0 radical (unpaired) electrons. The van der Waals surface area contributed by atoms with E-state index in [0.717, 1.165) is 87.9 Å². The standard InChI is InChI=1S/C47H27N3O2/c1-2-11-32-26-43-39(25-31(32)10-1)44-35(15-8-18-41(44)52-43)29-19-21-30(22-20-29)45-48-46(33-23-24-37-36-14-5-6-17-40(36)51-42(37)27-33)50-47(49-45)38-16-7-12-28-9-3-4-13-34(28)38/h1-27H. The predicted molar refractivity (Wildman–Crippen MR) is 211 cm³/mol. The van der Waals surface area contributed by atoms with E-state index in [2.05, 4.69) is 133 Å². The van der Waals surface area contributed by atoms with E-state index in [9.17, 15) is 0 Å². The molecule has 0 saturated heterocycles. The molecule has 11 aromatic rings. The summed E-state index contributed by atoms with van der Waals surface area (Å²) in [6, 6.07) is 56.4. The van der Waals surface area contributed by atoms with E-state index in [1.165, 1.54) is 5.39 Å². The second-order valence-electron chi connectivity index (χ2n) is 13.2. The quantitative estimate of drug-likeness (QED) is 0.187. The van der Waals surface area contributed by atoms with Crippen LogP contribution in [0.3, 0.4) is 0 Å². The molecule has 52 heavy (non-hydrogen) atoms. The maximum Gasteiger partial charge on any atom is 0.164 e. The summed E-state index contributed by atoms with van der Waals surface area (Å²) in [6.45, 7) is 0. The van der Waals surface area contributed by atoms with Gasteiger partial charge in [0.25, 0.3) is 0 Å². The Morgan fingerprint density at radius 1 is 0.308 bits per heavy atom. The summed E-state index contributed by atoms with van der Waals surface area (Å²) in [4.78, 5) is 15.3. The lowest BCUT2D eigenvalue weighted by Crippen LogP contribution is -2.00. The molecule has 0 saturated carbocycles. The largest absolute Gasteiger partial charge is 0.456 e. The van der Waals surface area contributed by atoms with Gasteiger partial charge in [-0.15, -0.1) is 0 Å². The highest BCUT2D eigenvalue weighted by atomic mass is 16.3. The van der Waals surface area contributed by atoms with Crippen LogP contribution in [0.5, 0.6) is 0 Å². The Hall–Kier alpha value is -7.11. The molecule has 0 bridgehead atoms. The molecule has 0 amide bonds. The zero-order valence-electron chi connectivity index (χ0n) is 27.7. The SMILES string of the molecule is c1ccc2cc3c(cc2c1)oc1cccc(-c2ccc(-c4nc(-c5ccc6c(c5)oc5ccccc56)nc(-c5cccc6ccccc56)n4)cc2)c13. The second-order valence-corrected chi connectivity index (χ2v) is 13.2. The van der Waals surface area contributed by atoms with Gasteiger partial charge in [-0.25, -0.2) is 15.0 Å². The first-order valence-corrected chi connectivity index (χ1v) is 17.3. The molecule has 0 spiro atoms. The van der Waals surface area contributed by atoms with Crippen LogP contribution in [-0.2, 0) is 0 Å². The van der Waals surface area contributed by atoms with Crippen LogP contribution < -0.4 is 0 Å². The van der Waals surface area contributed by atoms with Crippen LogP contribution in [0.15, 0.2) is 173 Å². The van der Waals surface area contributed by atoms with Crippen LogP contribution in [0.2, 0.25) is 0 Å². The maximum absolute atomic E-state index is 6.37. The van der Waals surface area contributed by atoms with Crippen molar-refractivity contribution in [2.45, 2.75) is 0 Å². The lowest BCUT2D eigenvalue weighted by molar-refractivity contribution is 0.669. The van der Waals surface area contributed by atoms with Gasteiger partial charge in [0, 0.05) is 38.2 Å². The van der Waals surface area contributed by atoms with Crippen LogP contribution in [-0.4, -0.2) is 15.0 Å². The Morgan fingerprint density at radius 2 is 0.865 bits per heavy atom. The molecule has 8 aromatic carbocycles. The van der Waals surface area contributed by atoms with Crippen LogP contribution in [0.4, 0.5) is 0 Å². The molecule has 242 valence electrons. The van der Waals surface area contributed by atoms with E-state index in [-0.39, 0.29) is 0 Å². The fourth-order valence-corrected chi connectivity index (χ4v) is 7.59. The Morgan fingerprint density at radius 3 is 1.73 bits per heavy atom. The van der Waals surface area contributed by atoms with Crippen LogP contribution >= 0.6 is 0 Å². The number of fused-ring (bicyclic) bond motifs is 8. The third-order valence-electron chi connectivity index (χ3n) is 10.1. The highest BCUT2D eigenvalue weighted by Gasteiger charge is 2.17. The van der Waals surface area contributed by atoms with Gasteiger partial charge in [0.2, 0.25) is 0 Å². The average molecular weight is 666 g/mol. The molecule has 0 aliphatic rings. The van der Waals surface area contributed by atoms with Gasteiger partial charge in [0.15, 0.2) is 17.5 Å². The Bertz CT molecular complexity index is 3190. The van der Waals surface area contributed by atoms with Crippen molar-refractivity contribution >= 4 is 65.4 Å². The summed E-state index contributed by atoms with van der Waals surface area (Å²) < 4.78 is 12.6. The minimum atomic E-state index is 0.584. The topological polar surface area (TPSA) is 65.0 Å². The zero-order chi connectivity index (χ0) is 34.2. The average Bonchev–Trinajstić information content (AvgIpc) is 3.77. The van der Waals surface area contributed by atoms with Crippen molar-refractivity contribution in [3.8, 4) is 45.3 Å². The summed E-state index contributed by atoms with van der Waals surface area (Å²) in [5, 5.41) is 8.94. The van der Waals surface area contributed by atoms with E-state index in [1.54, 1.807) is 0 Å². The summed E-state index contributed by atoms with van der Waals surface area (Å²) in [5.41, 5.74) is 8.32. The Labute approximate surface area is 297 Å². The van der Waals surface area contributed by atoms with Crippen LogP contribution in [0, 0.1) is 0 Å². The first-order valence-electron chi connectivity index (χ1n) is 17.3. The predicted octanol–water partition coefficient (Wildman–Crippen LogP) is 12.6. The van der Waals surface area contributed by atoms with Crippen molar-refractivity contribution in [1.82, 2.24) is 15.0 Å². The molecule has 3 heterocycles. The van der Waals surface area contributed by atoms with Gasteiger partial charge in [-0.05, 0) is 69.1 Å². The van der Waals surface area contributed by atoms with Crippen molar-refractivity contribution < 1.29 is 8.83 Å². The maximum atomic E-state index is 6.37. The first-order chi connectivity index (χ1) is 25.7. The van der Waals surface area contributed by atoms with E-state index in [0.29, 0.717) is 17.5 Å². The van der Waals surface area contributed by atoms with Gasteiger partial charge in [-0.3, -0.25) is 0 Å². The highest BCUT2D eigenvalue weighted by Crippen LogP contribution is 2.39. The number of benzene rings is 8. The molecule has 11 rings (SSSR count). The van der Waals surface area contributed by atoms with E-state index >= 15 is 0 Å². The second kappa shape index (κ2) is 11.2. The molecular weight excluding hydrogens is 639 g/mol. The van der Waals surface area contributed by atoms with Gasteiger partial charge in [0.05, 0.1) is 0 Å². The van der Waals surface area contributed by atoms with E-state index in [1.807, 2.05) is 30.3 Å². The molecule has 5 nitrogen and oxygen atoms in total. The summed E-state index contributed by atoms with van der Waals surface area (Å²) in [5.74, 6) is 1.80. The van der Waals surface area contributed by atoms with E-state index < -0.39 is 0 Å². The lowest BCUT2D eigenvalue weighted by atomic mass is 9.97. The molecule has 3 aromatic heterocycles. The number of hydrogen-bond acceptors (Lipinski definition) is 5. The molecule has 5 heteroatoms. The van der Waals surface area contributed by atoms with Gasteiger partial charge in [-0.1, -0.05) is 127 Å². The lowest BCUT2D eigenvalue weighted by Gasteiger charge is -2.11. The molecule has 0 unspecified atom stereocenters. The Kier molecular flexibility index (Phi) is 6.18. The molecule has 0 aliphatic heterocycles. The molecule has 0 aliphatic carbocycles.